The van der Waals surface area contributed by atoms with Crippen molar-refractivity contribution in [2.45, 2.75) is 45.4 Å². The third-order valence-corrected chi connectivity index (χ3v) is 5.34. The number of pyridine rings is 1. The fourth-order valence-electron chi connectivity index (χ4n) is 3.63. The minimum Gasteiger partial charge on any atom is -0.357 e. The van der Waals surface area contributed by atoms with Crippen LogP contribution in [-0.2, 0) is 4.79 Å². The number of carbonyl (C=O) groups excluding carboxylic acids is 1. The molecule has 1 amide bonds. The average Bonchev–Trinajstić information content (AvgIpc) is 3.17. The number of nitrogens with zero attached hydrogens (tertiary/aromatic N) is 1. The number of aromatic nitrogens is 2. The van der Waals surface area contributed by atoms with Gasteiger partial charge in [-0.05, 0) is 50.2 Å². The molecule has 1 saturated carbocycles. The lowest BCUT2D eigenvalue weighted by molar-refractivity contribution is -0.121. The standard InChI is InChI=1S/C20H30N6O/c1-2-3-10-24-20(21)25-13-14-4-6-15(7-5-14)19(27)26-17-9-12-23-18-16(17)8-11-22-18/h8-9,11-12,14-15H,2-7,10,13H2,1H3,(H3,21,24,25)(H2,22,23,26,27). The first-order chi connectivity index (χ1) is 13.2. The summed E-state index contributed by atoms with van der Waals surface area (Å²) in [6.07, 6.45) is 9.58. The molecule has 5 N–H and O–H groups in total. The summed E-state index contributed by atoms with van der Waals surface area (Å²) in [7, 11) is 0. The van der Waals surface area contributed by atoms with Crippen molar-refractivity contribution >= 4 is 28.6 Å². The van der Waals surface area contributed by atoms with Crippen LogP contribution in [0.25, 0.3) is 11.0 Å². The van der Waals surface area contributed by atoms with Crippen molar-refractivity contribution in [1.29, 1.82) is 5.41 Å². The first-order valence-electron chi connectivity index (χ1n) is 9.96. The van der Waals surface area contributed by atoms with Crippen molar-refractivity contribution in [3.63, 3.8) is 0 Å². The van der Waals surface area contributed by atoms with E-state index in [1.165, 1.54) is 0 Å². The van der Waals surface area contributed by atoms with Crippen molar-refractivity contribution in [3.05, 3.63) is 24.5 Å². The van der Waals surface area contributed by atoms with E-state index in [4.69, 9.17) is 5.41 Å². The van der Waals surface area contributed by atoms with Gasteiger partial charge < -0.3 is 20.9 Å². The molecule has 0 spiro atoms. The van der Waals surface area contributed by atoms with Gasteiger partial charge in [0.15, 0.2) is 5.96 Å². The van der Waals surface area contributed by atoms with Gasteiger partial charge in [0.05, 0.1) is 5.69 Å². The van der Waals surface area contributed by atoms with E-state index in [1.54, 1.807) is 6.20 Å². The summed E-state index contributed by atoms with van der Waals surface area (Å²) in [5, 5.41) is 18.2. The van der Waals surface area contributed by atoms with Gasteiger partial charge >= 0.3 is 0 Å². The molecule has 0 aromatic carbocycles. The Kier molecular flexibility index (Phi) is 6.68. The zero-order valence-corrected chi connectivity index (χ0v) is 16.0. The highest BCUT2D eigenvalue weighted by Crippen LogP contribution is 2.30. The van der Waals surface area contributed by atoms with Crippen molar-refractivity contribution in [2.75, 3.05) is 18.4 Å². The van der Waals surface area contributed by atoms with E-state index in [2.05, 4.69) is 32.8 Å². The number of amides is 1. The molecule has 0 saturated heterocycles. The molecule has 2 aromatic rings. The Labute approximate surface area is 160 Å². The number of fused-ring (bicyclic) bond motifs is 1. The van der Waals surface area contributed by atoms with E-state index in [0.29, 0.717) is 11.9 Å². The van der Waals surface area contributed by atoms with Crippen LogP contribution in [0.1, 0.15) is 45.4 Å². The van der Waals surface area contributed by atoms with Crippen LogP contribution >= 0.6 is 0 Å². The smallest absolute Gasteiger partial charge is 0.227 e. The minimum atomic E-state index is 0.0607. The van der Waals surface area contributed by atoms with Crippen molar-refractivity contribution in [3.8, 4) is 0 Å². The average molecular weight is 371 g/mol. The molecule has 0 unspecified atom stereocenters. The molecule has 0 atom stereocenters. The number of guanidine groups is 1. The Hall–Kier alpha value is -2.57. The van der Waals surface area contributed by atoms with Gasteiger partial charge in [-0.1, -0.05) is 13.3 Å². The van der Waals surface area contributed by atoms with E-state index in [9.17, 15) is 4.79 Å². The number of hydrogen-bond acceptors (Lipinski definition) is 3. The van der Waals surface area contributed by atoms with Crippen molar-refractivity contribution in [2.24, 2.45) is 11.8 Å². The van der Waals surface area contributed by atoms with E-state index in [1.807, 2.05) is 18.3 Å². The lowest BCUT2D eigenvalue weighted by Gasteiger charge is -2.28. The Bertz CT molecular complexity index is 763. The summed E-state index contributed by atoms with van der Waals surface area (Å²) in [4.78, 5) is 20.0. The number of aromatic amines is 1. The molecular formula is C20H30N6O. The maximum Gasteiger partial charge on any atom is 0.227 e. The van der Waals surface area contributed by atoms with Crippen LogP contribution in [0.5, 0.6) is 0 Å². The number of hydrogen-bond donors (Lipinski definition) is 5. The fourth-order valence-corrected chi connectivity index (χ4v) is 3.63. The van der Waals surface area contributed by atoms with E-state index in [-0.39, 0.29) is 11.8 Å². The van der Waals surface area contributed by atoms with Gasteiger partial charge in [-0.25, -0.2) is 4.98 Å². The van der Waals surface area contributed by atoms with Crippen LogP contribution < -0.4 is 16.0 Å². The highest BCUT2D eigenvalue weighted by Gasteiger charge is 2.26. The molecule has 1 fully saturated rings. The van der Waals surface area contributed by atoms with Gasteiger partial charge in [0, 0.05) is 36.8 Å². The van der Waals surface area contributed by atoms with Gasteiger partial charge in [0.25, 0.3) is 0 Å². The van der Waals surface area contributed by atoms with Crippen LogP contribution in [-0.4, -0.2) is 34.9 Å². The molecule has 0 aliphatic heterocycles. The third kappa shape index (κ3) is 5.21. The molecule has 1 aliphatic carbocycles. The van der Waals surface area contributed by atoms with Crippen molar-refractivity contribution < 1.29 is 4.79 Å². The highest BCUT2D eigenvalue weighted by atomic mass is 16.1. The van der Waals surface area contributed by atoms with Crippen LogP contribution in [0.2, 0.25) is 0 Å². The summed E-state index contributed by atoms with van der Waals surface area (Å²) >= 11 is 0. The molecule has 3 rings (SSSR count). The second kappa shape index (κ2) is 9.39. The summed E-state index contributed by atoms with van der Waals surface area (Å²) in [5.74, 6) is 1.10. The van der Waals surface area contributed by atoms with Crippen LogP contribution in [0.4, 0.5) is 5.69 Å². The van der Waals surface area contributed by atoms with Gasteiger partial charge in [-0.15, -0.1) is 0 Å². The predicted octanol–water partition coefficient (Wildman–Crippen LogP) is 3.22. The Morgan fingerprint density at radius 3 is 2.85 bits per heavy atom. The van der Waals surface area contributed by atoms with Gasteiger partial charge in [-0.2, -0.15) is 0 Å². The zero-order chi connectivity index (χ0) is 19.1. The van der Waals surface area contributed by atoms with Crippen LogP contribution in [0.15, 0.2) is 24.5 Å². The molecule has 27 heavy (non-hydrogen) atoms. The topological polar surface area (TPSA) is 106 Å². The first kappa shape index (κ1) is 19.2. The largest absolute Gasteiger partial charge is 0.357 e. The maximum atomic E-state index is 12.7. The first-order valence-corrected chi connectivity index (χ1v) is 9.96. The van der Waals surface area contributed by atoms with Gasteiger partial charge in [-0.3, -0.25) is 10.2 Å². The van der Waals surface area contributed by atoms with Gasteiger partial charge in [0.2, 0.25) is 5.91 Å². The van der Waals surface area contributed by atoms with E-state index in [0.717, 1.165) is 68.3 Å². The maximum absolute atomic E-state index is 12.7. The molecule has 1 aliphatic rings. The Morgan fingerprint density at radius 1 is 1.26 bits per heavy atom. The minimum absolute atomic E-state index is 0.0607. The van der Waals surface area contributed by atoms with E-state index < -0.39 is 0 Å². The van der Waals surface area contributed by atoms with Crippen LogP contribution in [0, 0.1) is 17.2 Å². The predicted molar refractivity (Wildman–Crippen MR) is 109 cm³/mol. The molecule has 0 radical (unpaired) electrons. The molecule has 7 heteroatoms. The van der Waals surface area contributed by atoms with E-state index >= 15 is 0 Å². The quantitative estimate of drug-likeness (QED) is 0.293. The summed E-state index contributed by atoms with van der Waals surface area (Å²) in [6, 6.07) is 3.78. The lowest BCUT2D eigenvalue weighted by atomic mass is 9.81. The number of anilines is 1. The molecule has 7 nitrogen and oxygen atoms in total. The Balaban J connectivity index is 1.42. The van der Waals surface area contributed by atoms with Crippen LogP contribution in [0.3, 0.4) is 0 Å². The SMILES string of the molecule is CCCCNC(=N)NCC1CCC(C(=O)Nc2ccnc3[nH]ccc23)CC1. The molecular weight excluding hydrogens is 340 g/mol. The van der Waals surface area contributed by atoms with Gasteiger partial charge in [0.1, 0.15) is 5.65 Å². The lowest BCUT2D eigenvalue weighted by Crippen LogP contribution is -2.40. The summed E-state index contributed by atoms with van der Waals surface area (Å²) in [5.41, 5.74) is 1.61. The monoisotopic (exact) mass is 370 g/mol. The summed E-state index contributed by atoms with van der Waals surface area (Å²) in [6.45, 7) is 3.79. The molecule has 2 heterocycles. The molecule has 2 aromatic heterocycles. The molecule has 0 bridgehead atoms. The fraction of sp³-hybridized carbons (Fsp3) is 0.550. The number of carbonyl (C=O) groups is 1. The summed E-state index contributed by atoms with van der Waals surface area (Å²) < 4.78 is 0. The second-order valence-electron chi connectivity index (χ2n) is 7.34. The Morgan fingerprint density at radius 2 is 2.07 bits per heavy atom. The second-order valence-corrected chi connectivity index (χ2v) is 7.34. The number of unbranched alkanes of at least 4 members (excludes halogenated alkanes) is 1. The molecule has 146 valence electrons. The highest BCUT2D eigenvalue weighted by molar-refractivity contribution is 6.00. The third-order valence-electron chi connectivity index (χ3n) is 5.34. The number of H-pyrrole nitrogens is 1. The zero-order valence-electron chi connectivity index (χ0n) is 16.0. The normalized spacial score (nSPS) is 19.6. The number of rotatable bonds is 7. The van der Waals surface area contributed by atoms with Crippen molar-refractivity contribution in [1.82, 2.24) is 20.6 Å². The number of nitrogens with one attached hydrogen (secondary N) is 5.